The van der Waals surface area contributed by atoms with Gasteiger partial charge < -0.3 is 15.0 Å². The van der Waals surface area contributed by atoms with Crippen LogP contribution in [0.3, 0.4) is 0 Å². The van der Waals surface area contributed by atoms with E-state index in [4.69, 9.17) is 4.74 Å². The van der Waals surface area contributed by atoms with Crippen LogP contribution in [0.2, 0.25) is 0 Å². The molecule has 9 nitrogen and oxygen atoms in total. The molecule has 29 heavy (non-hydrogen) atoms. The molecule has 0 atom stereocenters. The summed E-state index contributed by atoms with van der Waals surface area (Å²) in [5, 5.41) is 7.18. The van der Waals surface area contributed by atoms with Gasteiger partial charge in [-0.05, 0) is 19.1 Å². The number of para-hydroxylation sites is 2. The van der Waals surface area contributed by atoms with Crippen LogP contribution in [0, 0.1) is 0 Å². The van der Waals surface area contributed by atoms with Crippen LogP contribution in [0.25, 0.3) is 5.65 Å². The lowest BCUT2D eigenvalue weighted by Crippen LogP contribution is -2.33. The number of nitrogens with zero attached hydrogens (tertiary/aromatic N) is 5. The van der Waals surface area contributed by atoms with Crippen molar-refractivity contribution >= 4 is 34.8 Å². The first-order valence-corrected chi connectivity index (χ1v) is 10.6. The van der Waals surface area contributed by atoms with Gasteiger partial charge in [-0.15, -0.1) is 5.10 Å². The fourth-order valence-corrected chi connectivity index (χ4v) is 4.12. The van der Waals surface area contributed by atoms with Crippen molar-refractivity contribution in [3.8, 4) is 5.75 Å². The van der Waals surface area contributed by atoms with Gasteiger partial charge in [0, 0.05) is 37.0 Å². The Morgan fingerprint density at radius 1 is 1.28 bits per heavy atom. The smallest absolute Gasteiger partial charge is 0.350 e. The van der Waals surface area contributed by atoms with Crippen molar-refractivity contribution in [2.75, 3.05) is 41.4 Å². The fraction of sp³-hybridized carbons (Fsp3) is 0.368. The van der Waals surface area contributed by atoms with E-state index in [0.29, 0.717) is 29.5 Å². The minimum Gasteiger partial charge on any atom is -0.492 e. The van der Waals surface area contributed by atoms with Gasteiger partial charge in [0.15, 0.2) is 5.82 Å². The quantitative estimate of drug-likeness (QED) is 0.653. The summed E-state index contributed by atoms with van der Waals surface area (Å²) < 4.78 is 8.12. The molecule has 1 aliphatic rings. The van der Waals surface area contributed by atoms with E-state index in [1.54, 1.807) is 24.5 Å². The number of aromatic nitrogens is 4. The van der Waals surface area contributed by atoms with Crippen LogP contribution in [-0.2, 0) is 11.3 Å². The Labute approximate surface area is 171 Å². The molecule has 0 radical (unpaired) electrons. The topological polar surface area (TPSA) is 93.8 Å². The first-order chi connectivity index (χ1) is 14.2. The number of hydrogen-bond donors (Lipinski definition) is 1. The van der Waals surface area contributed by atoms with Crippen molar-refractivity contribution in [1.29, 1.82) is 0 Å². The molecule has 3 aromatic rings. The number of fused-ring (bicyclic) bond motifs is 1. The molecule has 3 heterocycles. The molecule has 4 rings (SSSR count). The first-order valence-electron chi connectivity index (χ1n) is 9.46. The second kappa shape index (κ2) is 8.56. The van der Waals surface area contributed by atoms with Crippen LogP contribution in [-0.4, -0.2) is 56.3 Å². The van der Waals surface area contributed by atoms with E-state index in [1.165, 1.54) is 4.40 Å². The van der Waals surface area contributed by atoms with Crippen molar-refractivity contribution in [2.45, 2.75) is 13.5 Å². The number of rotatable bonds is 6. The molecule has 0 aliphatic carbocycles. The Hall–Kier alpha value is -3.01. The van der Waals surface area contributed by atoms with Crippen molar-refractivity contribution in [1.82, 2.24) is 19.2 Å². The lowest BCUT2D eigenvalue weighted by molar-refractivity contribution is -0.117. The van der Waals surface area contributed by atoms with Gasteiger partial charge in [-0.25, -0.2) is 18.9 Å². The highest BCUT2D eigenvalue weighted by molar-refractivity contribution is 7.99. The Morgan fingerprint density at radius 3 is 2.86 bits per heavy atom. The third kappa shape index (κ3) is 4.07. The normalized spacial score (nSPS) is 14.2. The van der Waals surface area contributed by atoms with Gasteiger partial charge in [0.2, 0.25) is 11.6 Å². The molecule has 0 spiro atoms. The van der Waals surface area contributed by atoms with Crippen LogP contribution in [0.1, 0.15) is 6.92 Å². The molecule has 1 amide bonds. The Morgan fingerprint density at radius 2 is 2.07 bits per heavy atom. The van der Waals surface area contributed by atoms with E-state index in [-0.39, 0.29) is 18.1 Å². The highest BCUT2D eigenvalue weighted by Gasteiger charge is 2.20. The highest BCUT2D eigenvalue weighted by atomic mass is 32.2. The highest BCUT2D eigenvalue weighted by Crippen LogP contribution is 2.24. The maximum atomic E-state index is 12.7. The summed E-state index contributed by atoms with van der Waals surface area (Å²) >= 11 is 1.89. The summed E-state index contributed by atoms with van der Waals surface area (Å²) in [6.45, 7) is 3.88. The molecule has 1 aromatic carbocycles. The van der Waals surface area contributed by atoms with Crippen LogP contribution in [0.4, 0.5) is 11.5 Å². The SMILES string of the molecule is CCOc1ccccc1NC(=O)Cn1nc2c(N3CCSCC3)nccn2c1=O. The molecule has 152 valence electrons. The van der Waals surface area contributed by atoms with Gasteiger partial charge in [-0.1, -0.05) is 12.1 Å². The number of carbonyl (C=O) groups excluding carboxylic acids is 1. The molecule has 0 saturated carbocycles. The largest absolute Gasteiger partial charge is 0.492 e. The zero-order valence-corrected chi connectivity index (χ0v) is 16.9. The lowest BCUT2D eigenvalue weighted by atomic mass is 10.3. The minimum absolute atomic E-state index is 0.198. The van der Waals surface area contributed by atoms with Gasteiger partial charge in [-0.2, -0.15) is 11.8 Å². The summed E-state index contributed by atoms with van der Waals surface area (Å²) in [5.41, 5.74) is 0.652. The molecule has 1 aliphatic heterocycles. The number of amides is 1. The molecule has 2 aromatic heterocycles. The lowest BCUT2D eigenvalue weighted by Gasteiger charge is -2.27. The van der Waals surface area contributed by atoms with E-state index >= 15 is 0 Å². The average molecular weight is 414 g/mol. The molecule has 10 heteroatoms. The summed E-state index contributed by atoms with van der Waals surface area (Å²) in [4.78, 5) is 31.8. The van der Waals surface area contributed by atoms with E-state index in [9.17, 15) is 9.59 Å². The summed E-state index contributed by atoms with van der Waals surface area (Å²) in [6.07, 6.45) is 3.17. The molecule has 1 fully saturated rings. The number of thioether (sulfide) groups is 1. The van der Waals surface area contributed by atoms with Crippen molar-refractivity contribution in [2.24, 2.45) is 0 Å². The predicted octanol–water partition coefficient (Wildman–Crippen LogP) is 1.48. The van der Waals surface area contributed by atoms with E-state index < -0.39 is 0 Å². The van der Waals surface area contributed by atoms with E-state index in [2.05, 4.69) is 20.3 Å². The third-order valence-corrected chi connectivity index (χ3v) is 5.49. The second-order valence-electron chi connectivity index (χ2n) is 6.46. The molecular formula is C19H22N6O3S. The van der Waals surface area contributed by atoms with Crippen molar-refractivity contribution in [3.05, 3.63) is 47.1 Å². The standard InChI is InChI=1S/C19H22N6O3S/c1-2-28-15-6-4-3-5-14(15)21-16(26)13-25-19(27)24-8-7-20-17(18(24)22-25)23-9-11-29-12-10-23/h3-8H,2,9-13H2,1H3,(H,21,26). The predicted molar refractivity (Wildman–Crippen MR) is 113 cm³/mol. The first kappa shape index (κ1) is 19.3. The number of nitrogens with one attached hydrogen (secondary N) is 1. The molecule has 1 N–H and O–H groups in total. The second-order valence-corrected chi connectivity index (χ2v) is 7.69. The van der Waals surface area contributed by atoms with Gasteiger partial charge in [-0.3, -0.25) is 4.79 Å². The number of ether oxygens (including phenoxy) is 1. The van der Waals surface area contributed by atoms with Crippen LogP contribution >= 0.6 is 11.8 Å². The van der Waals surface area contributed by atoms with Gasteiger partial charge in [0.05, 0.1) is 12.3 Å². The van der Waals surface area contributed by atoms with Gasteiger partial charge in [0.25, 0.3) is 0 Å². The molecule has 1 saturated heterocycles. The van der Waals surface area contributed by atoms with Crippen LogP contribution in [0.15, 0.2) is 41.5 Å². The molecule has 0 unspecified atom stereocenters. The van der Waals surface area contributed by atoms with E-state index in [0.717, 1.165) is 29.3 Å². The number of benzene rings is 1. The number of carbonyl (C=O) groups is 1. The Kier molecular flexibility index (Phi) is 5.70. The zero-order chi connectivity index (χ0) is 20.2. The Bertz CT molecular complexity index is 1070. The van der Waals surface area contributed by atoms with Gasteiger partial charge in [0.1, 0.15) is 12.3 Å². The maximum Gasteiger partial charge on any atom is 0.350 e. The number of anilines is 2. The van der Waals surface area contributed by atoms with Crippen LogP contribution < -0.4 is 20.6 Å². The average Bonchev–Trinajstić information content (AvgIpc) is 3.06. The van der Waals surface area contributed by atoms with Gasteiger partial charge >= 0.3 is 5.69 Å². The molecule has 0 bridgehead atoms. The zero-order valence-electron chi connectivity index (χ0n) is 16.1. The minimum atomic E-state index is -0.372. The third-order valence-electron chi connectivity index (χ3n) is 4.55. The van der Waals surface area contributed by atoms with Crippen molar-refractivity contribution < 1.29 is 9.53 Å². The summed E-state index contributed by atoms with van der Waals surface area (Å²) in [7, 11) is 0. The maximum absolute atomic E-state index is 12.7. The fourth-order valence-electron chi connectivity index (χ4n) is 3.21. The number of hydrogen-bond acceptors (Lipinski definition) is 7. The van der Waals surface area contributed by atoms with Crippen molar-refractivity contribution in [3.63, 3.8) is 0 Å². The molecular weight excluding hydrogens is 392 g/mol. The summed E-state index contributed by atoms with van der Waals surface area (Å²) in [6, 6.07) is 7.18. The summed E-state index contributed by atoms with van der Waals surface area (Å²) in [5.74, 6) is 2.92. The van der Waals surface area contributed by atoms with E-state index in [1.807, 2.05) is 30.8 Å². The monoisotopic (exact) mass is 414 g/mol. The van der Waals surface area contributed by atoms with Crippen LogP contribution in [0.5, 0.6) is 5.75 Å². The Balaban J connectivity index is 1.58.